The molecule has 1 heterocycles. The summed E-state index contributed by atoms with van der Waals surface area (Å²) < 4.78 is 11.4. The van der Waals surface area contributed by atoms with Gasteiger partial charge in [-0.1, -0.05) is 19.1 Å². The van der Waals surface area contributed by atoms with Gasteiger partial charge in [-0.25, -0.2) is 0 Å². The van der Waals surface area contributed by atoms with E-state index in [4.69, 9.17) is 9.47 Å². The highest BCUT2D eigenvalue weighted by Crippen LogP contribution is 2.32. The normalized spacial score (nSPS) is 14.9. The third-order valence-corrected chi connectivity index (χ3v) is 3.14. The average Bonchev–Trinajstić information content (AvgIpc) is 2.47. The Bertz CT molecular complexity index is 440. The molecular weight excluding hydrogens is 238 g/mol. The molecule has 104 valence electrons. The van der Waals surface area contributed by atoms with Crippen molar-refractivity contribution >= 4 is 5.57 Å². The van der Waals surface area contributed by atoms with Gasteiger partial charge in [0.15, 0.2) is 11.5 Å². The van der Waals surface area contributed by atoms with Crippen molar-refractivity contribution in [3.63, 3.8) is 0 Å². The molecule has 1 aliphatic rings. The van der Waals surface area contributed by atoms with Gasteiger partial charge in [0, 0.05) is 6.54 Å². The average molecular weight is 261 g/mol. The molecule has 0 saturated carbocycles. The molecule has 0 saturated heterocycles. The Labute approximate surface area is 115 Å². The monoisotopic (exact) mass is 261 g/mol. The lowest BCUT2D eigenvalue weighted by molar-refractivity contribution is 0.277. The van der Waals surface area contributed by atoms with Crippen LogP contribution in [0.3, 0.4) is 0 Å². The predicted molar refractivity (Wildman–Crippen MR) is 78.9 cm³/mol. The first kappa shape index (κ1) is 13.9. The van der Waals surface area contributed by atoms with Gasteiger partial charge >= 0.3 is 0 Å². The molecule has 1 aliphatic heterocycles. The molecule has 19 heavy (non-hydrogen) atoms. The molecule has 0 atom stereocenters. The summed E-state index contributed by atoms with van der Waals surface area (Å²) in [6.45, 7) is 7.49. The van der Waals surface area contributed by atoms with E-state index >= 15 is 0 Å². The number of rotatable bonds is 6. The standard InChI is InChI=1S/C16H23NO2/c1-3-11-19-15-6-5-14(12-16(15)18-4-2)13-7-9-17-10-8-13/h5-7,12,17H,3-4,8-11H2,1-2H3. The third-order valence-electron chi connectivity index (χ3n) is 3.14. The number of hydrogen-bond donors (Lipinski definition) is 1. The Hall–Kier alpha value is -1.48. The summed E-state index contributed by atoms with van der Waals surface area (Å²) in [5, 5.41) is 3.33. The molecule has 0 radical (unpaired) electrons. The van der Waals surface area contributed by atoms with Crippen LogP contribution in [-0.4, -0.2) is 26.3 Å². The van der Waals surface area contributed by atoms with Crippen LogP contribution in [0.25, 0.3) is 5.57 Å². The first-order chi connectivity index (χ1) is 9.35. The quantitative estimate of drug-likeness (QED) is 0.852. The van der Waals surface area contributed by atoms with Gasteiger partial charge in [-0.05, 0) is 49.6 Å². The molecule has 0 aromatic heterocycles. The molecule has 0 unspecified atom stereocenters. The number of hydrogen-bond acceptors (Lipinski definition) is 3. The lowest BCUT2D eigenvalue weighted by Crippen LogP contribution is -2.20. The predicted octanol–water partition coefficient (Wildman–Crippen LogP) is 3.25. The molecule has 0 spiro atoms. The van der Waals surface area contributed by atoms with Gasteiger partial charge in [-0.3, -0.25) is 0 Å². The highest BCUT2D eigenvalue weighted by molar-refractivity contribution is 5.69. The maximum absolute atomic E-state index is 5.72. The fraction of sp³-hybridized carbons (Fsp3) is 0.500. The molecule has 1 N–H and O–H groups in total. The van der Waals surface area contributed by atoms with Gasteiger partial charge in [0.05, 0.1) is 13.2 Å². The lowest BCUT2D eigenvalue weighted by Gasteiger charge is -2.17. The fourth-order valence-electron chi connectivity index (χ4n) is 2.19. The molecule has 0 aliphatic carbocycles. The van der Waals surface area contributed by atoms with E-state index in [1.54, 1.807) is 0 Å². The molecule has 1 aromatic carbocycles. The van der Waals surface area contributed by atoms with Gasteiger partial charge < -0.3 is 14.8 Å². The summed E-state index contributed by atoms with van der Waals surface area (Å²) in [7, 11) is 0. The SMILES string of the molecule is CCCOc1ccc(C2=CCNCC2)cc1OCC. The van der Waals surface area contributed by atoms with Gasteiger partial charge in [-0.15, -0.1) is 0 Å². The summed E-state index contributed by atoms with van der Waals surface area (Å²) >= 11 is 0. The van der Waals surface area contributed by atoms with Crippen molar-refractivity contribution in [2.24, 2.45) is 0 Å². The summed E-state index contributed by atoms with van der Waals surface area (Å²) in [5.74, 6) is 1.70. The van der Waals surface area contributed by atoms with Gasteiger partial charge in [0.25, 0.3) is 0 Å². The van der Waals surface area contributed by atoms with Crippen molar-refractivity contribution in [2.75, 3.05) is 26.3 Å². The van der Waals surface area contributed by atoms with Crippen LogP contribution in [0.5, 0.6) is 11.5 Å². The van der Waals surface area contributed by atoms with Crippen LogP contribution in [0.15, 0.2) is 24.3 Å². The smallest absolute Gasteiger partial charge is 0.161 e. The van der Waals surface area contributed by atoms with Gasteiger partial charge in [0.1, 0.15) is 0 Å². The van der Waals surface area contributed by atoms with Crippen LogP contribution < -0.4 is 14.8 Å². The minimum absolute atomic E-state index is 0.659. The Morgan fingerprint density at radius 2 is 2.05 bits per heavy atom. The van der Waals surface area contributed by atoms with Crippen LogP contribution in [0, 0.1) is 0 Å². The van der Waals surface area contributed by atoms with Crippen molar-refractivity contribution in [2.45, 2.75) is 26.7 Å². The molecule has 0 amide bonds. The maximum Gasteiger partial charge on any atom is 0.161 e. The van der Waals surface area contributed by atoms with E-state index < -0.39 is 0 Å². The number of benzene rings is 1. The Balaban J connectivity index is 2.21. The van der Waals surface area contributed by atoms with E-state index in [0.29, 0.717) is 6.61 Å². The summed E-state index contributed by atoms with van der Waals surface area (Å²) in [6.07, 6.45) is 4.33. The summed E-state index contributed by atoms with van der Waals surface area (Å²) in [4.78, 5) is 0. The molecule has 3 nitrogen and oxygen atoms in total. The first-order valence-electron chi connectivity index (χ1n) is 7.15. The largest absolute Gasteiger partial charge is 0.490 e. The lowest BCUT2D eigenvalue weighted by atomic mass is 10.00. The van der Waals surface area contributed by atoms with Crippen molar-refractivity contribution < 1.29 is 9.47 Å². The fourth-order valence-corrected chi connectivity index (χ4v) is 2.19. The topological polar surface area (TPSA) is 30.5 Å². The van der Waals surface area contributed by atoms with Crippen molar-refractivity contribution in [1.29, 1.82) is 0 Å². The number of nitrogens with one attached hydrogen (secondary N) is 1. The molecular formula is C16H23NO2. The summed E-state index contributed by atoms with van der Waals surface area (Å²) in [5.41, 5.74) is 2.63. The molecule has 2 rings (SSSR count). The van der Waals surface area contributed by atoms with Crippen molar-refractivity contribution in [1.82, 2.24) is 5.32 Å². The Morgan fingerprint density at radius 3 is 2.74 bits per heavy atom. The van der Waals surface area contributed by atoms with E-state index in [1.807, 2.05) is 13.0 Å². The Kier molecular flexibility index (Phi) is 5.28. The van der Waals surface area contributed by atoms with Crippen LogP contribution >= 0.6 is 0 Å². The zero-order chi connectivity index (χ0) is 13.5. The van der Waals surface area contributed by atoms with Gasteiger partial charge in [-0.2, -0.15) is 0 Å². The second kappa shape index (κ2) is 7.19. The maximum atomic E-state index is 5.72. The molecule has 3 heteroatoms. The van der Waals surface area contributed by atoms with Crippen LogP contribution in [-0.2, 0) is 0 Å². The van der Waals surface area contributed by atoms with Crippen molar-refractivity contribution in [3.05, 3.63) is 29.8 Å². The molecule has 1 aromatic rings. The Morgan fingerprint density at radius 1 is 1.16 bits per heavy atom. The van der Waals surface area contributed by atoms with E-state index in [-0.39, 0.29) is 0 Å². The van der Waals surface area contributed by atoms with Crippen molar-refractivity contribution in [3.8, 4) is 11.5 Å². The highest BCUT2D eigenvalue weighted by atomic mass is 16.5. The van der Waals surface area contributed by atoms with E-state index in [0.717, 1.165) is 44.0 Å². The van der Waals surface area contributed by atoms with Crippen LogP contribution in [0.2, 0.25) is 0 Å². The first-order valence-corrected chi connectivity index (χ1v) is 7.15. The second-order valence-corrected chi connectivity index (χ2v) is 4.63. The van der Waals surface area contributed by atoms with Crippen LogP contribution in [0.1, 0.15) is 32.3 Å². The minimum Gasteiger partial charge on any atom is -0.490 e. The third kappa shape index (κ3) is 3.74. The highest BCUT2D eigenvalue weighted by Gasteiger charge is 2.10. The van der Waals surface area contributed by atoms with Gasteiger partial charge in [0.2, 0.25) is 0 Å². The second-order valence-electron chi connectivity index (χ2n) is 4.63. The number of ether oxygens (including phenoxy) is 2. The zero-order valence-corrected chi connectivity index (χ0v) is 11.9. The minimum atomic E-state index is 0.659. The van der Waals surface area contributed by atoms with E-state index in [2.05, 4.69) is 30.4 Å². The molecule has 0 fully saturated rings. The van der Waals surface area contributed by atoms with E-state index in [9.17, 15) is 0 Å². The van der Waals surface area contributed by atoms with E-state index in [1.165, 1.54) is 11.1 Å². The zero-order valence-electron chi connectivity index (χ0n) is 11.9. The summed E-state index contributed by atoms with van der Waals surface area (Å²) in [6, 6.07) is 6.26. The molecule has 0 bridgehead atoms. The van der Waals surface area contributed by atoms with Crippen LogP contribution in [0.4, 0.5) is 0 Å².